The van der Waals surface area contributed by atoms with Gasteiger partial charge in [-0.25, -0.2) is 0 Å². The summed E-state index contributed by atoms with van der Waals surface area (Å²) in [6, 6.07) is 0. The second kappa shape index (κ2) is 5.59. The predicted molar refractivity (Wildman–Crippen MR) is 75.9 cm³/mol. The third-order valence-electron chi connectivity index (χ3n) is 5.59. The average molecular weight is 234 g/mol. The maximum absolute atomic E-state index is 3.91. The summed E-state index contributed by atoms with van der Waals surface area (Å²) < 4.78 is 0. The molecule has 0 aliphatic heterocycles. The number of rotatable bonds is 6. The summed E-state index contributed by atoms with van der Waals surface area (Å²) in [6.07, 6.45) is 11.0. The van der Waals surface area contributed by atoms with Gasteiger partial charge in [-0.15, -0.1) is 6.58 Å². The highest BCUT2D eigenvalue weighted by Gasteiger charge is 2.46. The van der Waals surface area contributed by atoms with Gasteiger partial charge in [-0.2, -0.15) is 0 Å². The first-order valence-electron chi connectivity index (χ1n) is 7.76. The van der Waals surface area contributed by atoms with E-state index in [4.69, 9.17) is 0 Å². The summed E-state index contributed by atoms with van der Waals surface area (Å²) in [7, 11) is 0. The lowest BCUT2D eigenvalue weighted by Crippen LogP contribution is -2.13. The Morgan fingerprint density at radius 2 is 1.76 bits per heavy atom. The van der Waals surface area contributed by atoms with Crippen LogP contribution >= 0.6 is 0 Å². The van der Waals surface area contributed by atoms with E-state index in [1.807, 2.05) is 0 Å². The third-order valence-corrected chi connectivity index (χ3v) is 5.59. The van der Waals surface area contributed by atoms with Gasteiger partial charge in [0.1, 0.15) is 0 Å². The van der Waals surface area contributed by atoms with Crippen molar-refractivity contribution in [3.8, 4) is 0 Å². The molecular weight excluding hydrogens is 204 g/mol. The molecule has 0 aromatic heterocycles. The monoisotopic (exact) mass is 234 g/mol. The molecule has 5 unspecified atom stereocenters. The van der Waals surface area contributed by atoms with Crippen LogP contribution in [0.3, 0.4) is 0 Å². The molecule has 2 aliphatic carbocycles. The summed E-state index contributed by atoms with van der Waals surface area (Å²) in [4.78, 5) is 0. The highest BCUT2D eigenvalue weighted by Crippen LogP contribution is 2.54. The van der Waals surface area contributed by atoms with E-state index in [0.29, 0.717) is 5.92 Å². The lowest BCUT2D eigenvalue weighted by Gasteiger charge is -2.21. The summed E-state index contributed by atoms with van der Waals surface area (Å²) in [5, 5.41) is 0. The van der Waals surface area contributed by atoms with E-state index in [1.54, 1.807) is 0 Å². The molecule has 0 aromatic rings. The van der Waals surface area contributed by atoms with Crippen LogP contribution in [0.5, 0.6) is 0 Å². The van der Waals surface area contributed by atoms with E-state index in [2.05, 4.69) is 33.4 Å². The minimum Gasteiger partial charge on any atom is -0.103 e. The maximum atomic E-state index is 3.91. The standard InChI is InChI=1S/C17H30/c1-5-12(2)10-13(3)16-11-17(16)14(4)15-8-6-7-9-15/h5,12-17H,1,6-11H2,2-4H3. The highest BCUT2D eigenvalue weighted by atomic mass is 14.5. The molecule has 0 amide bonds. The highest BCUT2D eigenvalue weighted by molar-refractivity contribution is 4.96. The van der Waals surface area contributed by atoms with Gasteiger partial charge in [-0.3, -0.25) is 0 Å². The molecule has 0 heterocycles. The van der Waals surface area contributed by atoms with Crippen LogP contribution in [-0.4, -0.2) is 0 Å². The van der Waals surface area contributed by atoms with Crippen molar-refractivity contribution in [2.24, 2.45) is 35.5 Å². The van der Waals surface area contributed by atoms with E-state index < -0.39 is 0 Å². The Bertz CT molecular complexity index is 249. The minimum absolute atomic E-state index is 0.702. The van der Waals surface area contributed by atoms with Gasteiger partial charge in [0.05, 0.1) is 0 Å². The molecule has 5 atom stereocenters. The normalized spacial score (nSPS) is 34.3. The van der Waals surface area contributed by atoms with Gasteiger partial charge < -0.3 is 0 Å². The van der Waals surface area contributed by atoms with Crippen molar-refractivity contribution < 1.29 is 0 Å². The first-order valence-corrected chi connectivity index (χ1v) is 7.76. The molecule has 0 heteroatoms. The molecule has 2 fully saturated rings. The Balaban J connectivity index is 1.76. The zero-order valence-electron chi connectivity index (χ0n) is 12.0. The molecule has 2 rings (SSSR count). The quantitative estimate of drug-likeness (QED) is 0.547. The van der Waals surface area contributed by atoms with Crippen molar-refractivity contribution in [3.63, 3.8) is 0 Å². The molecule has 17 heavy (non-hydrogen) atoms. The Morgan fingerprint density at radius 3 is 2.35 bits per heavy atom. The zero-order chi connectivity index (χ0) is 12.4. The van der Waals surface area contributed by atoms with E-state index in [-0.39, 0.29) is 0 Å². The molecule has 98 valence electrons. The fourth-order valence-electron chi connectivity index (χ4n) is 4.18. The van der Waals surface area contributed by atoms with Crippen molar-refractivity contribution in [3.05, 3.63) is 12.7 Å². The first kappa shape index (κ1) is 13.2. The fraction of sp³-hybridized carbons (Fsp3) is 0.882. The van der Waals surface area contributed by atoms with Gasteiger partial charge in [0.15, 0.2) is 0 Å². The second-order valence-electron chi connectivity index (χ2n) is 6.89. The van der Waals surface area contributed by atoms with Crippen molar-refractivity contribution in [1.29, 1.82) is 0 Å². The predicted octanol–water partition coefficient (Wildman–Crippen LogP) is 5.30. The smallest absolute Gasteiger partial charge is 0.0262 e. The summed E-state index contributed by atoms with van der Waals surface area (Å²) in [6.45, 7) is 11.2. The van der Waals surface area contributed by atoms with E-state index in [1.165, 1.54) is 38.5 Å². The molecule has 0 N–H and O–H groups in total. The van der Waals surface area contributed by atoms with E-state index in [9.17, 15) is 0 Å². The van der Waals surface area contributed by atoms with Gasteiger partial charge in [-0.1, -0.05) is 52.5 Å². The van der Waals surface area contributed by atoms with Crippen molar-refractivity contribution in [2.45, 2.75) is 59.3 Å². The lowest BCUT2D eigenvalue weighted by molar-refractivity contribution is 0.288. The summed E-state index contributed by atoms with van der Waals surface area (Å²) in [5.41, 5.74) is 0. The van der Waals surface area contributed by atoms with Crippen molar-refractivity contribution in [2.75, 3.05) is 0 Å². The summed E-state index contributed by atoms with van der Waals surface area (Å²) >= 11 is 0. The van der Waals surface area contributed by atoms with Crippen molar-refractivity contribution in [1.82, 2.24) is 0 Å². The first-order chi connectivity index (χ1) is 8.13. The van der Waals surface area contributed by atoms with Crippen LogP contribution in [0.15, 0.2) is 12.7 Å². The van der Waals surface area contributed by atoms with E-state index >= 15 is 0 Å². The Labute approximate surface area is 108 Å². The van der Waals surface area contributed by atoms with Gasteiger partial charge in [-0.05, 0) is 48.3 Å². The number of hydrogen-bond acceptors (Lipinski definition) is 0. The molecule has 0 aromatic carbocycles. The molecule has 0 bridgehead atoms. The topological polar surface area (TPSA) is 0 Å². The van der Waals surface area contributed by atoms with Crippen LogP contribution in [0.25, 0.3) is 0 Å². The maximum Gasteiger partial charge on any atom is -0.0262 e. The molecule has 0 spiro atoms. The molecule has 0 saturated heterocycles. The Morgan fingerprint density at radius 1 is 1.12 bits per heavy atom. The second-order valence-corrected chi connectivity index (χ2v) is 6.89. The van der Waals surface area contributed by atoms with Gasteiger partial charge in [0.25, 0.3) is 0 Å². The average Bonchev–Trinajstić information content (AvgIpc) is 2.94. The zero-order valence-corrected chi connectivity index (χ0v) is 12.0. The Hall–Kier alpha value is -0.260. The molecule has 0 radical (unpaired) electrons. The van der Waals surface area contributed by atoms with Crippen LogP contribution in [-0.2, 0) is 0 Å². The number of hydrogen-bond donors (Lipinski definition) is 0. The molecule has 2 saturated carbocycles. The van der Waals surface area contributed by atoms with Gasteiger partial charge in [0.2, 0.25) is 0 Å². The van der Waals surface area contributed by atoms with Gasteiger partial charge in [0, 0.05) is 0 Å². The van der Waals surface area contributed by atoms with Crippen molar-refractivity contribution >= 4 is 0 Å². The largest absolute Gasteiger partial charge is 0.103 e. The minimum atomic E-state index is 0.702. The SMILES string of the molecule is C=CC(C)CC(C)C1CC1C(C)C1CCCC1. The summed E-state index contributed by atoms with van der Waals surface area (Å²) in [5.74, 6) is 5.78. The fourth-order valence-corrected chi connectivity index (χ4v) is 4.18. The van der Waals surface area contributed by atoms with Crippen LogP contribution in [0, 0.1) is 35.5 Å². The molecule has 2 aliphatic rings. The van der Waals surface area contributed by atoms with Crippen LogP contribution < -0.4 is 0 Å². The van der Waals surface area contributed by atoms with E-state index in [0.717, 1.165) is 29.6 Å². The third kappa shape index (κ3) is 3.14. The molecular formula is C17H30. The van der Waals surface area contributed by atoms with Crippen LogP contribution in [0.4, 0.5) is 0 Å². The van der Waals surface area contributed by atoms with Gasteiger partial charge >= 0.3 is 0 Å². The number of allylic oxidation sites excluding steroid dienone is 1. The lowest BCUT2D eigenvalue weighted by atomic mass is 9.84. The van der Waals surface area contributed by atoms with Crippen LogP contribution in [0.1, 0.15) is 59.3 Å². The van der Waals surface area contributed by atoms with Crippen LogP contribution in [0.2, 0.25) is 0 Å². The Kier molecular flexibility index (Phi) is 4.33. The molecule has 0 nitrogen and oxygen atoms in total.